The van der Waals surface area contributed by atoms with Gasteiger partial charge in [0.1, 0.15) is 4.92 Å². The molecule has 2 heterocycles. The molecule has 0 bridgehead atoms. The van der Waals surface area contributed by atoms with E-state index in [9.17, 15) is 14.9 Å². The van der Waals surface area contributed by atoms with Crippen molar-refractivity contribution in [2.45, 2.75) is 5.92 Å². The van der Waals surface area contributed by atoms with Gasteiger partial charge in [-0.15, -0.1) is 10.2 Å². The number of rotatable bonds is 8. The largest absolute Gasteiger partial charge is 0.433 e. The van der Waals surface area contributed by atoms with Gasteiger partial charge in [0, 0.05) is 12.5 Å². The normalized spacial score (nSPS) is 10.7. The molecule has 0 spiro atoms. The van der Waals surface area contributed by atoms with Gasteiger partial charge >= 0.3 is 5.88 Å². The summed E-state index contributed by atoms with van der Waals surface area (Å²) in [4.78, 5) is 22.2. The van der Waals surface area contributed by atoms with E-state index in [1.165, 1.54) is 17.2 Å². The van der Waals surface area contributed by atoms with Crippen LogP contribution in [0.5, 0.6) is 0 Å². The van der Waals surface area contributed by atoms with Crippen molar-refractivity contribution < 1.29 is 14.1 Å². The number of aromatic nitrogens is 2. The quantitative estimate of drug-likeness (QED) is 0.308. The molecule has 0 fully saturated rings. The fourth-order valence-electron chi connectivity index (χ4n) is 3.04. The van der Waals surface area contributed by atoms with E-state index >= 15 is 0 Å². The average molecular weight is 435 g/mol. The maximum atomic E-state index is 12.2. The molecule has 4 aromatic rings. The summed E-state index contributed by atoms with van der Waals surface area (Å²) < 4.78 is 4.89. The molecule has 0 aliphatic rings. The van der Waals surface area contributed by atoms with Crippen LogP contribution in [0.25, 0.3) is 0 Å². The molecule has 0 saturated carbocycles. The van der Waals surface area contributed by atoms with E-state index in [1.54, 1.807) is 0 Å². The predicted octanol–water partition coefficient (Wildman–Crippen LogP) is 4.54. The van der Waals surface area contributed by atoms with Gasteiger partial charge in [0.25, 0.3) is 5.91 Å². The van der Waals surface area contributed by atoms with E-state index in [1.807, 2.05) is 36.4 Å². The number of furan rings is 1. The lowest BCUT2D eigenvalue weighted by atomic mass is 9.91. The molecule has 0 radical (unpaired) electrons. The van der Waals surface area contributed by atoms with Gasteiger partial charge in [-0.3, -0.25) is 20.2 Å². The molecule has 0 unspecified atom stereocenters. The van der Waals surface area contributed by atoms with Crippen molar-refractivity contribution >= 4 is 33.4 Å². The number of carbonyl (C=O) groups excluding carboxylic acids is 1. The van der Waals surface area contributed by atoms with Crippen LogP contribution in [0.4, 0.5) is 16.1 Å². The first-order chi connectivity index (χ1) is 15.1. The monoisotopic (exact) mass is 435 g/mol. The average Bonchev–Trinajstić information content (AvgIpc) is 3.45. The van der Waals surface area contributed by atoms with Gasteiger partial charge in [-0.25, -0.2) is 0 Å². The first kappa shape index (κ1) is 20.2. The van der Waals surface area contributed by atoms with E-state index in [0.29, 0.717) is 11.7 Å². The minimum absolute atomic E-state index is 0.105. The van der Waals surface area contributed by atoms with Crippen molar-refractivity contribution in [2.24, 2.45) is 0 Å². The highest BCUT2D eigenvalue weighted by atomic mass is 32.1. The van der Waals surface area contributed by atoms with E-state index in [-0.39, 0.29) is 16.8 Å². The minimum atomic E-state index is -0.709. The highest BCUT2D eigenvalue weighted by molar-refractivity contribution is 7.19. The summed E-state index contributed by atoms with van der Waals surface area (Å²) in [5.41, 5.74) is 2.33. The summed E-state index contributed by atoms with van der Waals surface area (Å²) >= 11 is 1.16. The van der Waals surface area contributed by atoms with Crippen molar-refractivity contribution in [1.29, 1.82) is 0 Å². The second kappa shape index (κ2) is 9.18. The van der Waals surface area contributed by atoms with Gasteiger partial charge < -0.3 is 9.73 Å². The Labute approximate surface area is 180 Å². The molecule has 156 valence electrons. The molecule has 2 N–H and O–H groups in total. The predicted molar refractivity (Wildman–Crippen MR) is 116 cm³/mol. The third-order valence-corrected chi connectivity index (χ3v) is 5.30. The number of benzene rings is 2. The van der Waals surface area contributed by atoms with E-state index < -0.39 is 16.7 Å². The van der Waals surface area contributed by atoms with Gasteiger partial charge in [-0.05, 0) is 17.2 Å². The molecule has 0 aliphatic heterocycles. The lowest BCUT2D eigenvalue weighted by molar-refractivity contribution is -0.402. The highest BCUT2D eigenvalue weighted by Gasteiger charge is 2.19. The molecule has 0 atom stereocenters. The highest BCUT2D eigenvalue weighted by Crippen LogP contribution is 2.27. The Morgan fingerprint density at radius 2 is 1.58 bits per heavy atom. The number of carbonyl (C=O) groups is 1. The van der Waals surface area contributed by atoms with Gasteiger partial charge in [0.15, 0.2) is 5.76 Å². The Kier molecular flexibility index (Phi) is 5.99. The number of hydrogen-bond donors (Lipinski definition) is 2. The number of anilines is 2. The summed E-state index contributed by atoms with van der Waals surface area (Å²) in [5, 5.41) is 25.3. The minimum Gasteiger partial charge on any atom is -0.395 e. The van der Waals surface area contributed by atoms with Gasteiger partial charge in [-0.2, -0.15) is 0 Å². The molecule has 2 aromatic heterocycles. The molecule has 2 aromatic carbocycles. The molecule has 0 aliphatic carbocycles. The van der Waals surface area contributed by atoms with E-state index in [4.69, 9.17) is 4.42 Å². The Morgan fingerprint density at radius 1 is 0.968 bits per heavy atom. The first-order valence-corrected chi connectivity index (χ1v) is 10.1. The third-order valence-electron chi connectivity index (χ3n) is 4.50. The lowest BCUT2D eigenvalue weighted by Gasteiger charge is -2.18. The lowest BCUT2D eigenvalue weighted by Crippen LogP contribution is -2.14. The summed E-state index contributed by atoms with van der Waals surface area (Å²) in [7, 11) is 0. The Hall–Kier alpha value is -4.05. The number of amides is 1. The van der Waals surface area contributed by atoms with Crippen LogP contribution in [0.2, 0.25) is 0 Å². The van der Waals surface area contributed by atoms with Crippen molar-refractivity contribution in [2.75, 3.05) is 17.2 Å². The van der Waals surface area contributed by atoms with Crippen LogP contribution < -0.4 is 10.6 Å². The molecule has 0 saturated heterocycles. The summed E-state index contributed by atoms with van der Waals surface area (Å²) in [6, 6.07) is 22.6. The zero-order chi connectivity index (χ0) is 21.6. The topological polar surface area (TPSA) is 123 Å². The van der Waals surface area contributed by atoms with Crippen molar-refractivity contribution in [3.63, 3.8) is 0 Å². The second-order valence-corrected chi connectivity index (χ2v) is 7.49. The van der Waals surface area contributed by atoms with Gasteiger partial charge in [0.2, 0.25) is 10.3 Å². The van der Waals surface area contributed by atoms with Crippen LogP contribution in [-0.2, 0) is 0 Å². The summed E-state index contributed by atoms with van der Waals surface area (Å²) in [5.74, 6) is -1.21. The fraction of sp³-hybridized carbons (Fsp3) is 0.0952. The van der Waals surface area contributed by atoms with E-state index in [2.05, 4.69) is 45.1 Å². The van der Waals surface area contributed by atoms with Crippen LogP contribution in [0.1, 0.15) is 27.6 Å². The zero-order valence-corrected chi connectivity index (χ0v) is 16.9. The van der Waals surface area contributed by atoms with E-state index in [0.717, 1.165) is 17.4 Å². The molecular formula is C21H17N5O4S. The summed E-state index contributed by atoms with van der Waals surface area (Å²) in [6.45, 7) is 0.584. The number of nitrogens with zero attached hydrogens (tertiary/aromatic N) is 3. The van der Waals surface area contributed by atoms with Crippen LogP contribution in [-0.4, -0.2) is 27.6 Å². The molecule has 31 heavy (non-hydrogen) atoms. The molecule has 1 amide bonds. The SMILES string of the molecule is O=C(Nc1nnc(NCC(c2ccccc2)c2ccccc2)s1)c1ccc([N+](=O)[O-])o1. The Morgan fingerprint density at radius 3 is 2.16 bits per heavy atom. The van der Waals surface area contributed by atoms with Gasteiger partial charge in [-0.1, -0.05) is 72.0 Å². The maximum absolute atomic E-state index is 12.2. The first-order valence-electron chi connectivity index (χ1n) is 9.33. The van der Waals surface area contributed by atoms with Gasteiger partial charge in [0.05, 0.1) is 6.07 Å². The van der Waals surface area contributed by atoms with Crippen LogP contribution in [0.3, 0.4) is 0 Å². The third kappa shape index (κ3) is 4.93. The van der Waals surface area contributed by atoms with Crippen LogP contribution in [0, 0.1) is 10.1 Å². The van der Waals surface area contributed by atoms with Crippen molar-refractivity contribution in [3.8, 4) is 0 Å². The number of nitrogens with one attached hydrogen (secondary N) is 2. The van der Waals surface area contributed by atoms with Crippen molar-refractivity contribution in [3.05, 3.63) is 99.8 Å². The number of hydrogen-bond acceptors (Lipinski definition) is 8. The standard InChI is InChI=1S/C21H17N5O4S/c27-19(17-11-12-18(30-17)26(28)29)23-21-25-24-20(31-21)22-13-16(14-7-3-1-4-8-14)15-9-5-2-6-10-15/h1-12,16H,13H2,(H,22,24)(H,23,25,27). The molecule has 4 rings (SSSR count). The Bertz CT molecular complexity index is 1140. The Balaban J connectivity index is 1.42. The van der Waals surface area contributed by atoms with Crippen molar-refractivity contribution in [1.82, 2.24) is 10.2 Å². The van der Waals surface area contributed by atoms with Crippen LogP contribution in [0.15, 0.2) is 77.2 Å². The zero-order valence-electron chi connectivity index (χ0n) is 16.1. The van der Waals surface area contributed by atoms with Crippen LogP contribution >= 0.6 is 11.3 Å². The number of nitro groups is 1. The molecule has 9 nitrogen and oxygen atoms in total. The smallest absolute Gasteiger partial charge is 0.395 e. The molecular weight excluding hydrogens is 418 g/mol. The second-order valence-electron chi connectivity index (χ2n) is 6.52. The maximum Gasteiger partial charge on any atom is 0.433 e. The fourth-order valence-corrected chi connectivity index (χ4v) is 3.69. The molecule has 10 heteroatoms. The summed E-state index contributed by atoms with van der Waals surface area (Å²) in [6.07, 6.45) is 0.